The van der Waals surface area contributed by atoms with Crippen LogP contribution in [0, 0.1) is 12.8 Å². The third-order valence-electron chi connectivity index (χ3n) is 6.05. The highest BCUT2D eigenvalue weighted by Gasteiger charge is 2.46. The van der Waals surface area contributed by atoms with Crippen LogP contribution in [0.3, 0.4) is 0 Å². The first-order chi connectivity index (χ1) is 17.3. The third-order valence-corrected chi connectivity index (χ3v) is 6.92. The number of amides is 3. The van der Waals surface area contributed by atoms with E-state index in [1.54, 1.807) is 30.3 Å². The Bertz CT molecular complexity index is 1210. The number of rotatable bonds is 9. The van der Waals surface area contributed by atoms with Crippen molar-refractivity contribution in [3.8, 4) is 0 Å². The Hall–Kier alpha value is -3.65. The molecule has 1 aliphatic rings. The number of anilines is 1. The van der Waals surface area contributed by atoms with Crippen LogP contribution in [0.4, 0.5) is 10.5 Å². The molecule has 2 aromatic carbocycles. The van der Waals surface area contributed by atoms with E-state index in [1.165, 1.54) is 16.2 Å². The molecule has 2 atom stereocenters. The summed E-state index contributed by atoms with van der Waals surface area (Å²) in [5.41, 5.74) is 3.32. The van der Waals surface area contributed by atoms with E-state index >= 15 is 0 Å². The number of carbonyl (C=O) groups is 3. The Kier molecular flexibility index (Phi) is 8.05. The van der Waals surface area contributed by atoms with Crippen LogP contribution < -0.4 is 10.6 Å². The highest BCUT2D eigenvalue weighted by atomic mass is 32.1. The van der Waals surface area contributed by atoms with Gasteiger partial charge in [-0.15, -0.1) is 11.3 Å². The Labute approximate surface area is 215 Å². The number of nitrogens with zero attached hydrogens (tertiary/aromatic N) is 1. The maximum absolute atomic E-state index is 13.3. The average Bonchev–Trinajstić information content (AvgIpc) is 3.48. The molecule has 2 heterocycles. The second-order valence-electron chi connectivity index (χ2n) is 9.39. The molecule has 188 valence electrons. The molecule has 2 N–H and O–H groups in total. The monoisotopic (exact) mass is 505 g/mol. The summed E-state index contributed by atoms with van der Waals surface area (Å²) in [6.07, 6.45) is -0.446. The fraction of sp³-hybridized carbons (Fsp3) is 0.321. The van der Waals surface area contributed by atoms with Gasteiger partial charge >= 0.3 is 6.09 Å². The predicted molar refractivity (Wildman–Crippen MR) is 141 cm³/mol. The lowest BCUT2D eigenvalue weighted by Crippen LogP contribution is -2.46. The highest BCUT2D eigenvalue weighted by molar-refractivity contribution is 7.12. The van der Waals surface area contributed by atoms with Gasteiger partial charge in [0.15, 0.2) is 12.1 Å². The van der Waals surface area contributed by atoms with E-state index in [-0.39, 0.29) is 18.4 Å². The molecule has 0 bridgehead atoms. The number of carbonyl (C=O) groups excluding carboxylic acids is 3. The molecular formula is C28H31N3O4S. The molecule has 1 aromatic heterocycles. The Morgan fingerprint density at radius 3 is 2.53 bits per heavy atom. The van der Waals surface area contributed by atoms with E-state index in [4.69, 9.17) is 4.74 Å². The van der Waals surface area contributed by atoms with Gasteiger partial charge in [0, 0.05) is 12.2 Å². The van der Waals surface area contributed by atoms with E-state index in [1.807, 2.05) is 42.6 Å². The Morgan fingerprint density at radius 1 is 1.08 bits per heavy atom. The molecule has 0 saturated carbocycles. The van der Waals surface area contributed by atoms with Gasteiger partial charge in [-0.1, -0.05) is 61.9 Å². The van der Waals surface area contributed by atoms with Crippen molar-refractivity contribution in [2.45, 2.75) is 45.9 Å². The van der Waals surface area contributed by atoms with E-state index in [0.717, 1.165) is 17.5 Å². The lowest BCUT2D eigenvalue weighted by molar-refractivity contribution is -0.126. The SMILES string of the molecule is Cc1cccc(CN2C(=O)O[C@@H](c3ccc(NC(=O)c4cccs4)cc3)[C@H]2C(=O)NCCC(C)C)c1. The predicted octanol–water partition coefficient (Wildman–Crippen LogP) is 5.53. The van der Waals surface area contributed by atoms with Crippen LogP contribution in [0.1, 0.15) is 52.7 Å². The first-order valence-electron chi connectivity index (χ1n) is 12.1. The normalized spacial score (nSPS) is 17.2. The minimum Gasteiger partial charge on any atom is -0.438 e. The Morgan fingerprint density at radius 2 is 1.86 bits per heavy atom. The fourth-order valence-corrected chi connectivity index (χ4v) is 4.78. The van der Waals surface area contributed by atoms with Crippen molar-refractivity contribution in [1.82, 2.24) is 10.2 Å². The van der Waals surface area contributed by atoms with Gasteiger partial charge in [0.1, 0.15) is 0 Å². The number of nitrogens with one attached hydrogen (secondary N) is 2. The van der Waals surface area contributed by atoms with Crippen molar-refractivity contribution in [2.75, 3.05) is 11.9 Å². The molecule has 36 heavy (non-hydrogen) atoms. The second kappa shape index (κ2) is 11.4. The first kappa shape index (κ1) is 25.4. The summed E-state index contributed by atoms with van der Waals surface area (Å²) >= 11 is 1.37. The zero-order valence-corrected chi connectivity index (χ0v) is 21.5. The van der Waals surface area contributed by atoms with Crippen LogP contribution in [0.5, 0.6) is 0 Å². The van der Waals surface area contributed by atoms with Crippen molar-refractivity contribution in [3.05, 3.63) is 87.6 Å². The van der Waals surface area contributed by atoms with Crippen LogP contribution in [0.15, 0.2) is 66.0 Å². The van der Waals surface area contributed by atoms with Crippen LogP contribution in [0.25, 0.3) is 0 Å². The number of hydrogen-bond donors (Lipinski definition) is 2. The van der Waals surface area contributed by atoms with E-state index in [2.05, 4.69) is 24.5 Å². The van der Waals surface area contributed by atoms with Crippen LogP contribution in [-0.2, 0) is 16.1 Å². The summed E-state index contributed by atoms with van der Waals surface area (Å²) in [7, 11) is 0. The number of benzene rings is 2. The van der Waals surface area contributed by atoms with Gasteiger partial charge in [-0.3, -0.25) is 14.5 Å². The van der Waals surface area contributed by atoms with Crippen molar-refractivity contribution < 1.29 is 19.1 Å². The number of cyclic esters (lactones) is 1. The summed E-state index contributed by atoms with van der Waals surface area (Å²) in [4.78, 5) is 40.8. The molecule has 4 rings (SSSR count). The quantitative estimate of drug-likeness (QED) is 0.400. The summed E-state index contributed by atoms with van der Waals surface area (Å²) < 4.78 is 5.74. The molecule has 0 spiro atoms. The molecule has 0 aliphatic carbocycles. The van der Waals surface area contributed by atoms with Crippen molar-refractivity contribution >= 4 is 34.9 Å². The van der Waals surface area contributed by atoms with Gasteiger partial charge in [0.2, 0.25) is 5.91 Å². The van der Waals surface area contributed by atoms with Gasteiger partial charge in [-0.05, 0) is 54.0 Å². The molecule has 3 amide bonds. The zero-order chi connectivity index (χ0) is 25.7. The van der Waals surface area contributed by atoms with Crippen LogP contribution in [0.2, 0.25) is 0 Å². The molecule has 0 unspecified atom stereocenters. The minimum atomic E-state index is -0.809. The van der Waals surface area contributed by atoms with Gasteiger partial charge in [0.05, 0.1) is 11.4 Å². The number of ether oxygens (including phenoxy) is 1. The van der Waals surface area contributed by atoms with E-state index < -0.39 is 18.2 Å². The summed E-state index contributed by atoms with van der Waals surface area (Å²) in [6, 6.07) is 17.7. The fourth-order valence-electron chi connectivity index (χ4n) is 4.16. The van der Waals surface area contributed by atoms with Gasteiger partial charge in [-0.2, -0.15) is 0 Å². The number of aryl methyl sites for hydroxylation is 1. The standard InChI is InChI=1S/C28H31N3O4S/c1-18(2)13-14-29-27(33)24-25(35-28(34)31(24)17-20-7-4-6-19(3)16-20)21-9-11-22(12-10-21)30-26(32)23-8-5-15-36-23/h4-12,15-16,18,24-25H,13-14,17H2,1-3H3,(H,29,33)(H,30,32)/t24-,25-/m0/s1. The molecule has 7 nitrogen and oxygen atoms in total. The van der Waals surface area contributed by atoms with Gasteiger partial charge < -0.3 is 15.4 Å². The number of hydrogen-bond acceptors (Lipinski definition) is 5. The summed E-state index contributed by atoms with van der Waals surface area (Å²) in [6.45, 7) is 6.98. The molecular weight excluding hydrogens is 474 g/mol. The smallest absolute Gasteiger partial charge is 0.411 e. The molecule has 1 aliphatic heterocycles. The first-order valence-corrected chi connectivity index (χ1v) is 12.9. The highest BCUT2D eigenvalue weighted by Crippen LogP contribution is 2.34. The minimum absolute atomic E-state index is 0.184. The summed E-state index contributed by atoms with van der Waals surface area (Å²) in [5, 5.41) is 7.70. The third kappa shape index (κ3) is 6.12. The largest absolute Gasteiger partial charge is 0.438 e. The maximum atomic E-state index is 13.3. The van der Waals surface area contributed by atoms with E-state index in [0.29, 0.717) is 28.6 Å². The van der Waals surface area contributed by atoms with Crippen LogP contribution in [-0.4, -0.2) is 35.4 Å². The molecule has 0 radical (unpaired) electrons. The number of thiophene rings is 1. The lowest BCUT2D eigenvalue weighted by Gasteiger charge is -2.24. The summed E-state index contributed by atoms with van der Waals surface area (Å²) in [5.74, 6) is 0.0221. The molecule has 1 saturated heterocycles. The van der Waals surface area contributed by atoms with Gasteiger partial charge in [-0.25, -0.2) is 4.79 Å². The zero-order valence-electron chi connectivity index (χ0n) is 20.7. The van der Waals surface area contributed by atoms with E-state index in [9.17, 15) is 14.4 Å². The maximum Gasteiger partial charge on any atom is 0.411 e. The molecule has 1 fully saturated rings. The second-order valence-corrected chi connectivity index (χ2v) is 10.3. The molecule has 3 aromatic rings. The van der Waals surface area contributed by atoms with Crippen molar-refractivity contribution in [1.29, 1.82) is 0 Å². The van der Waals surface area contributed by atoms with Crippen molar-refractivity contribution in [2.24, 2.45) is 5.92 Å². The van der Waals surface area contributed by atoms with Crippen LogP contribution >= 0.6 is 11.3 Å². The topological polar surface area (TPSA) is 87.7 Å². The van der Waals surface area contributed by atoms with Crippen molar-refractivity contribution in [3.63, 3.8) is 0 Å². The lowest BCUT2D eigenvalue weighted by atomic mass is 10.00. The Balaban J connectivity index is 1.54. The van der Waals surface area contributed by atoms with Gasteiger partial charge in [0.25, 0.3) is 5.91 Å². The average molecular weight is 506 g/mol. The molecule has 8 heteroatoms.